The molecular formula is C26H30ClN3O4. The molecule has 2 saturated heterocycles. The number of nitrogens with zero attached hydrogens (tertiary/aromatic N) is 2. The largest absolute Gasteiger partial charge is 0.491 e. The van der Waals surface area contributed by atoms with Crippen molar-refractivity contribution in [2.45, 2.75) is 18.6 Å². The molecule has 0 spiro atoms. The first kappa shape index (κ1) is 23.2. The van der Waals surface area contributed by atoms with Gasteiger partial charge >= 0.3 is 0 Å². The maximum Gasteiger partial charge on any atom is 0.225 e. The van der Waals surface area contributed by atoms with E-state index >= 15 is 0 Å². The number of carbonyl (C=O) groups is 1. The Morgan fingerprint density at radius 3 is 2.71 bits per heavy atom. The van der Waals surface area contributed by atoms with Crippen LogP contribution in [0.3, 0.4) is 0 Å². The molecule has 2 aliphatic rings. The number of benzene rings is 2. The van der Waals surface area contributed by atoms with Gasteiger partial charge in [-0.1, -0.05) is 23.7 Å². The Balaban J connectivity index is 1.32. The summed E-state index contributed by atoms with van der Waals surface area (Å²) in [4.78, 5) is 20.7. The molecule has 1 N–H and O–H groups in total. The van der Waals surface area contributed by atoms with Gasteiger partial charge in [-0.2, -0.15) is 0 Å². The summed E-state index contributed by atoms with van der Waals surface area (Å²) in [6, 6.07) is 15.8. The fourth-order valence-corrected chi connectivity index (χ4v) is 4.83. The van der Waals surface area contributed by atoms with E-state index in [0.717, 1.165) is 18.6 Å². The molecule has 5 rings (SSSR count). The number of morpholine rings is 2. The minimum Gasteiger partial charge on any atom is -0.491 e. The van der Waals surface area contributed by atoms with Crippen LogP contribution in [-0.2, 0) is 20.8 Å². The lowest BCUT2D eigenvalue weighted by Gasteiger charge is -2.43. The van der Waals surface area contributed by atoms with Gasteiger partial charge in [-0.05, 0) is 47.3 Å². The topological polar surface area (TPSA) is 67.0 Å². The number of ether oxygens (including phenoxy) is 3. The lowest BCUT2D eigenvalue weighted by Crippen LogP contribution is -2.57. The Hall–Kier alpha value is -2.58. The Kier molecular flexibility index (Phi) is 7.06. The number of aromatic nitrogens is 1. The molecular weight excluding hydrogens is 454 g/mol. The SMILES string of the molecule is O=C(C[C@@]1(COc2ccc(Cl)cc2)CN(Cc2ccc3cc[nH]c3c2)CCO1)N1CCOCC1. The molecule has 0 unspecified atom stereocenters. The first-order valence-electron chi connectivity index (χ1n) is 11.7. The predicted octanol–water partition coefficient (Wildman–Crippen LogP) is 3.72. The van der Waals surface area contributed by atoms with Crippen molar-refractivity contribution < 1.29 is 19.0 Å². The van der Waals surface area contributed by atoms with E-state index in [1.807, 2.05) is 23.2 Å². The summed E-state index contributed by atoms with van der Waals surface area (Å²) in [7, 11) is 0. The minimum absolute atomic E-state index is 0.0812. The van der Waals surface area contributed by atoms with Crippen LogP contribution in [0.25, 0.3) is 10.9 Å². The number of nitrogens with one attached hydrogen (secondary N) is 1. The van der Waals surface area contributed by atoms with Crippen molar-refractivity contribution in [2.75, 3.05) is 52.6 Å². The number of halogens is 1. The lowest BCUT2D eigenvalue weighted by molar-refractivity contribution is -0.159. The van der Waals surface area contributed by atoms with Gasteiger partial charge in [0.25, 0.3) is 0 Å². The second-order valence-electron chi connectivity index (χ2n) is 9.05. The highest BCUT2D eigenvalue weighted by molar-refractivity contribution is 6.30. The number of rotatable bonds is 7. The van der Waals surface area contributed by atoms with Crippen molar-refractivity contribution >= 4 is 28.4 Å². The summed E-state index contributed by atoms with van der Waals surface area (Å²) in [6.07, 6.45) is 2.23. The Morgan fingerprint density at radius 2 is 1.88 bits per heavy atom. The number of H-pyrrole nitrogens is 1. The van der Waals surface area contributed by atoms with Crippen molar-refractivity contribution in [2.24, 2.45) is 0 Å². The van der Waals surface area contributed by atoms with E-state index in [-0.39, 0.29) is 18.9 Å². The molecule has 0 saturated carbocycles. The normalized spacial score (nSPS) is 21.6. The summed E-state index contributed by atoms with van der Waals surface area (Å²) < 4.78 is 17.9. The molecule has 2 fully saturated rings. The van der Waals surface area contributed by atoms with Crippen LogP contribution in [0.15, 0.2) is 54.7 Å². The standard InChI is InChI=1S/C26H30ClN3O4/c27-22-3-5-23(6-4-22)33-19-26(16-25(31)30-10-12-32-13-11-30)18-29(9-14-34-26)17-20-1-2-21-7-8-28-24(21)15-20/h1-8,15,28H,9-14,16-19H2/t26-/m0/s1. The van der Waals surface area contributed by atoms with Gasteiger partial charge in [0.2, 0.25) is 5.91 Å². The fraction of sp³-hybridized carbons (Fsp3) is 0.423. The predicted molar refractivity (Wildman–Crippen MR) is 131 cm³/mol. The number of carbonyl (C=O) groups excluding carboxylic acids is 1. The molecule has 180 valence electrons. The highest BCUT2D eigenvalue weighted by Gasteiger charge is 2.41. The monoisotopic (exact) mass is 483 g/mol. The molecule has 7 nitrogen and oxygen atoms in total. The number of hydrogen-bond donors (Lipinski definition) is 1. The molecule has 8 heteroatoms. The quantitative estimate of drug-likeness (QED) is 0.554. The second-order valence-corrected chi connectivity index (χ2v) is 9.49. The van der Waals surface area contributed by atoms with E-state index in [1.165, 1.54) is 10.9 Å². The summed E-state index contributed by atoms with van der Waals surface area (Å²) in [5.74, 6) is 0.790. The molecule has 0 aliphatic carbocycles. The Bertz CT molecular complexity index is 1110. The summed E-state index contributed by atoms with van der Waals surface area (Å²) >= 11 is 6.02. The summed E-state index contributed by atoms with van der Waals surface area (Å²) in [6.45, 7) is 5.42. The van der Waals surface area contributed by atoms with Gasteiger partial charge in [0.05, 0.1) is 26.2 Å². The average Bonchev–Trinajstić information content (AvgIpc) is 3.32. The molecule has 1 aromatic heterocycles. The van der Waals surface area contributed by atoms with E-state index in [0.29, 0.717) is 50.2 Å². The van der Waals surface area contributed by atoms with Gasteiger partial charge in [-0.3, -0.25) is 9.69 Å². The Labute approximate surface area is 204 Å². The van der Waals surface area contributed by atoms with E-state index in [2.05, 4.69) is 34.1 Å². The number of amides is 1. The number of aromatic amines is 1. The highest BCUT2D eigenvalue weighted by Crippen LogP contribution is 2.27. The third-order valence-electron chi connectivity index (χ3n) is 6.51. The van der Waals surface area contributed by atoms with Gasteiger partial charge in [0.15, 0.2) is 0 Å². The van der Waals surface area contributed by atoms with Gasteiger partial charge in [-0.25, -0.2) is 0 Å². The zero-order chi connectivity index (χ0) is 23.4. The van der Waals surface area contributed by atoms with Crippen molar-refractivity contribution in [3.05, 3.63) is 65.3 Å². The van der Waals surface area contributed by atoms with Gasteiger partial charge in [-0.15, -0.1) is 0 Å². The van der Waals surface area contributed by atoms with Crippen molar-refractivity contribution in [1.82, 2.24) is 14.8 Å². The highest BCUT2D eigenvalue weighted by atomic mass is 35.5. The minimum atomic E-state index is -0.732. The van der Waals surface area contributed by atoms with Crippen LogP contribution in [0.5, 0.6) is 5.75 Å². The third-order valence-corrected chi connectivity index (χ3v) is 6.76. The van der Waals surface area contributed by atoms with Crippen LogP contribution in [-0.4, -0.2) is 78.9 Å². The zero-order valence-electron chi connectivity index (χ0n) is 19.2. The maximum absolute atomic E-state index is 13.2. The first-order valence-corrected chi connectivity index (χ1v) is 12.1. The fourth-order valence-electron chi connectivity index (χ4n) is 4.70. The maximum atomic E-state index is 13.2. The van der Waals surface area contributed by atoms with E-state index < -0.39 is 5.60 Å². The molecule has 2 aliphatic heterocycles. The van der Waals surface area contributed by atoms with E-state index in [9.17, 15) is 4.79 Å². The molecule has 1 atom stereocenters. The van der Waals surface area contributed by atoms with Crippen molar-refractivity contribution in [3.8, 4) is 5.75 Å². The van der Waals surface area contributed by atoms with Crippen LogP contribution in [0.2, 0.25) is 5.02 Å². The van der Waals surface area contributed by atoms with Crippen molar-refractivity contribution in [3.63, 3.8) is 0 Å². The molecule has 3 aromatic rings. The smallest absolute Gasteiger partial charge is 0.225 e. The van der Waals surface area contributed by atoms with Crippen LogP contribution in [0.4, 0.5) is 0 Å². The molecule has 34 heavy (non-hydrogen) atoms. The van der Waals surface area contributed by atoms with Gasteiger partial charge in [0, 0.05) is 49.5 Å². The molecule has 0 bridgehead atoms. The Morgan fingerprint density at radius 1 is 1.06 bits per heavy atom. The van der Waals surface area contributed by atoms with Crippen LogP contribution < -0.4 is 4.74 Å². The van der Waals surface area contributed by atoms with Crippen LogP contribution in [0.1, 0.15) is 12.0 Å². The average molecular weight is 484 g/mol. The molecule has 1 amide bonds. The molecule has 3 heterocycles. The molecule has 2 aromatic carbocycles. The number of hydrogen-bond acceptors (Lipinski definition) is 5. The number of fused-ring (bicyclic) bond motifs is 1. The first-order chi connectivity index (χ1) is 16.6. The molecule has 0 radical (unpaired) electrons. The lowest BCUT2D eigenvalue weighted by atomic mass is 9.96. The zero-order valence-corrected chi connectivity index (χ0v) is 19.9. The van der Waals surface area contributed by atoms with Crippen molar-refractivity contribution in [1.29, 1.82) is 0 Å². The van der Waals surface area contributed by atoms with Gasteiger partial charge in [0.1, 0.15) is 18.0 Å². The van der Waals surface area contributed by atoms with E-state index in [4.69, 9.17) is 25.8 Å². The third kappa shape index (κ3) is 5.55. The van der Waals surface area contributed by atoms with E-state index in [1.54, 1.807) is 12.1 Å². The second kappa shape index (κ2) is 10.4. The van der Waals surface area contributed by atoms with Gasteiger partial charge < -0.3 is 24.1 Å². The summed E-state index contributed by atoms with van der Waals surface area (Å²) in [5, 5.41) is 1.86. The summed E-state index contributed by atoms with van der Waals surface area (Å²) in [5.41, 5.74) is 1.62. The van der Waals surface area contributed by atoms with Crippen LogP contribution in [0, 0.1) is 0 Å². The van der Waals surface area contributed by atoms with Crippen LogP contribution >= 0.6 is 11.6 Å².